The number of aromatic nitrogens is 1. The summed E-state index contributed by atoms with van der Waals surface area (Å²) in [5.74, 6) is 0.0425. The smallest absolute Gasteiger partial charge is 0.162 e. The zero-order valence-corrected chi connectivity index (χ0v) is 14.9. The van der Waals surface area contributed by atoms with Crippen molar-refractivity contribution in [3.8, 4) is 22.3 Å². The van der Waals surface area contributed by atoms with Gasteiger partial charge in [-0.2, -0.15) is 0 Å². The molecule has 1 aromatic heterocycles. The van der Waals surface area contributed by atoms with Crippen LogP contribution in [0.2, 0.25) is 0 Å². The molecule has 4 aromatic rings. The lowest BCUT2D eigenvalue weighted by atomic mass is 9.91. The number of ketones is 1. The Labute approximate surface area is 153 Å². The highest BCUT2D eigenvalue weighted by Gasteiger charge is 2.18. The molecular formula is C24H19NO. The van der Waals surface area contributed by atoms with Crippen LogP contribution in [-0.4, -0.2) is 10.8 Å². The fraction of sp³-hybridized carbons (Fsp3) is 0.0833. The Morgan fingerprint density at radius 2 is 1.38 bits per heavy atom. The normalized spacial score (nSPS) is 10.8. The monoisotopic (exact) mass is 337 g/mol. The fourth-order valence-corrected chi connectivity index (χ4v) is 3.53. The molecule has 0 N–H and O–H groups in total. The molecule has 3 aromatic carbocycles. The van der Waals surface area contributed by atoms with E-state index in [1.165, 1.54) is 0 Å². The molecule has 0 spiro atoms. The van der Waals surface area contributed by atoms with E-state index >= 15 is 0 Å². The molecule has 2 nitrogen and oxygen atoms in total. The van der Waals surface area contributed by atoms with Crippen LogP contribution in [0, 0.1) is 6.92 Å². The predicted octanol–water partition coefficient (Wildman–Crippen LogP) is 6.08. The number of carbonyl (C=O) groups excluding carboxylic acids is 1. The van der Waals surface area contributed by atoms with Crippen LogP contribution in [0.1, 0.15) is 23.0 Å². The SMILES string of the molecule is CC(=O)c1c(C)nc2ccc(-c3ccccc3)cc2c1-c1ccccc1. The Morgan fingerprint density at radius 3 is 2.00 bits per heavy atom. The first-order chi connectivity index (χ1) is 12.6. The highest BCUT2D eigenvalue weighted by molar-refractivity contribution is 6.10. The quantitative estimate of drug-likeness (QED) is 0.424. The number of Topliss-reactive ketones (excluding diaryl/α,β-unsaturated/α-hetero) is 1. The second-order valence-corrected chi connectivity index (χ2v) is 6.47. The second-order valence-electron chi connectivity index (χ2n) is 6.47. The highest BCUT2D eigenvalue weighted by Crippen LogP contribution is 2.35. The minimum absolute atomic E-state index is 0.0425. The van der Waals surface area contributed by atoms with E-state index in [9.17, 15) is 4.79 Å². The van der Waals surface area contributed by atoms with E-state index in [2.05, 4.69) is 36.4 Å². The van der Waals surface area contributed by atoms with E-state index in [1.54, 1.807) is 6.92 Å². The first-order valence-electron chi connectivity index (χ1n) is 8.71. The Morgan fingerprint density at radius 1 is 0.769 bits per heavy atom. The summed E-state index contributed by atoms with van der Waals surface area (Å²) >= 11 is 0. The van der Waals surface area contributed by atoms with Gasteiger partial charge in [0.15, 0.2) is 5.78 Å². The van der Waals surface area contributed by atoms with Crippen molar-refractivity contribution in [3.05, 3.63) is 90.1 Å². The number of rotatable bonds is 3. The lowest BCUT2D eigenvalue weighted by molar-refractivity contribution is 0.101. The topological polar surface area (TPSA) is 30.0 Å². The number of aryl methyl sites for hydroxylation is 1. The van der Waals surface area contributed by atoms with Crippen molar-refractivity contribution >= 4 is 16.7 Å². The summed E-state index contributed by atoms with van der Waals surface area (Å²) < 4.78 is 0. The molecule has 0 aliphatic heterocycles. The molecule has 0 aliphatic rings. The Kier molecular flexibility index (Phi) is 4.10. The lowest BCUT2D eigenvalue weighted by Gasteiger charge is -2.15. The van der Waals surface area contributed by atoms with Gasteiger partial charge in [0.1, 0.15) is 0 Å². The van der Waals surface area contributed by atoms with Crippen LogP contribution in [0.25, 0.3) is 33.2 Å². The summed E-state index contributed by atoms with van der Waals surface area (Å²) in [6.45, 7) is 3.52. The number of pyridine rings is 1. The van der Waals surface area contributed by atoms with Gasteiger partial charge in [-0.05, 0) is 42.7 Å². The second kappa shape index (κ2) is 6.57. The molecule has 0 aliphatic carbocycles. The van der Waals surface area contributed by atoms with E-state index in [-0.39, 0.29) is 5.78 Å². The first-order valence-corrected chi connectivity index (χ1v) is 8.71. The van der Waals surface area contributed by atoms with Crippen molar-refractivity contribution < 1.29 is 4.79 Å². The van der Waals surface area contributed by atoms with Gasteiger partial charge in [-0.3, -0.25) is 9.78 Å². The van der Waals surface area contributed by atoms with Gasteiger partial charge >= 0.3 is 0 Å². The maximum Gasteiger partial charge on any atom is 0.162 e. The van der Waals surface area contributed by atoms with Gasteiger partial charge in [0.25, 0.3) is 0 Å². The van der Waals surface area contributed by atoms with Gasteiger partial charge in [-0.1, -0.05) is 66.7 Å². The molecule has 26 heavy (non-hydrogen) atoms. The van der Waals surface area contributed by atoms with Crippen LogP contribution in [0.5, 0.6) is 0 Å². The van der Waals surface area contributed by atoms with Gasteiger partial charge in [0.2, 0.25) is 0 Å². The standard InChI is InChI=1S/C24H19NO/c1-16-23(17(2)26)24(19-11-7-4-8-12-19)21-15-20(13-14-22(21)25-16)18-9-5-3-6-10-18/h3-15H,1-2H3. The molecule has 0 unspecified atom stereocenters. The molecular weight excluding hydrogens is 318 g/mol. The van der Waals surface area contributed by atoms with E-state index in [0.29, 0.717) is 5.56 Å². The van der Waals surface area contributed by atoms with Crippen molar-refractivity contribution in [1.29, 1.82) is 0 Å². The van der Waals surface area contributed by atoms with Gasteiger partial charge in [-0.25, -0.2) is 0 Å². The molecule has 126 valence electrons. The summed E-state index contributed by atoms with van der Waals surface area (Å²) in [7, 11) is 0. The van der Waals surface area contributed by atoms with Crippen molar-refractivity contribution in [1.82, 2.24) is 4.98 Å². The molecule has 4 rings (SSSR count). The molecule has 0 saturated carbocycles. The van der Waals surface area contributed by atoms with Gasteiger partial charge < -0.3 is 0 Å². The predicted molar refractivity (Wildman–Crippen MR) is 107 cm³/mol. The molecule has 0 saturated heterocycles. The number of nitrogens with zero attached hydrogens (tertiary/aromatic N) is 1. The average molecular weight is 337 g/mol. The summed E-state index contributed by atoms with van der Waals surface area (Å²) in [6, 6.07) is 26.6. The summed E-state index contributed by atoms with van der Waals surface area (Å²) in [6.07, 6.45) is 0. The van der Waals surface area contributed by atoms with Crippen LogP contribution in [-0.2, 0) is 0 Å². The molecule has 2 heteroatoms. The van der Waals surface area contributed by atoms with Crippen molar-refractivity contribution in [2.75, 3.05) is 0 Å². The molecule has 0 radical (unpaired) electrons. The minimum atomic E-state index is 0.0425. The van der Waals surface area contributed by atoms with E-state index in [4.69, 9.17) is 4.98 Å². The number of benzene rings is 3. The van der Waals surface area contributed by atoms with Crippen LogP contribution in [0.15, 0.2) is 78.9 Å². The summed E-state index contributed by atoms with van der Waals surface area (Å²) in [5.41, 5.74) is 6.67. The van der Waals surface area contributed by atoms with Crippen molar-refractivity contribution in [2.45, 2.75) is 13.8 Å². The third-order valence-corrected chi connectivity index (χ3v) is 4.69. The average Bonchev–Trinajstić information content (AvgIpc) is 2.67. The maximum absolute atomic E-state index is 12.4. The van der Waals surface area contributed by atoms with E-state index in [0.717, 1.165) is 38.9 Å². The largest absolute Gasteiger partial charge is 0.294 e. The maximum atomic E-state index is 12.4. The minimum Gasteiger partial charge on any atom is -0.294 e. The summed E-state index contributed by atoms with van der Waals surface area (Å²) in [4.78, 5) is 17.1. The van der Waals surface area contributed by atoms with Crippen LogP contribution in [0.3, 0.4) is 0 Å². The van der Waals surface area contributed by atoms with Gasteiger partial charge in [0.05, 0.1) is 5.52 Å². The molecule has 0 amide bonds. The molecule has 0 bridgehead atoms. The van der Waals surface area contributed by atoms with Gasteiger partial charge in [-0.15, -0.1) is 0 Å². The van der Waals surface area contributed by atoms with Gasteiger partial charge in [0, 0.05) is 22.2 Å². The molecule has 1 heterocycles. The zero-order chi connectivity index (χ0) is 18.1. The third-order valence-electron chi connectivity index (χ3n) is 4.69. The third kappa shape index (κ3) is 2.80. The van der Waals surface area contributed by atoms with Crippen LogP contribution in [0.4, 0.5) is 0 Å². The molecule has 0 atom stereocenters. The number of carbonyl (C=O) groups is 1. The zero-order valence-electron chi connectivity index (χ0n) is 14.9. The van der Waals surface area contributed by atoms with Crippen molar-refractivity contribution in [2.24, 2.45) is 0 Å². The highest BCUT2D eigenvalue weighted by atomic mass is 16.1. The lowest BCUT2D eigenvalue weighted by Crippen LogP contribution is -2.03. The van der Waals surface area contributed by atoms with Crippen molar-refractivity contribution in [3.63, 3.8) is 0 Å². The summed E-state index contributed by atoms with van der Waals surface area (Å²) in [5, 5.41) is 1.01. The Hall–Kier alpha value is -3.26. The number of hydrogen-bond acceptors (Lipinski definition) is 2. The first kappa shape index (κ1) is 16.2. The number of fused-ring (bicyclic) bond motifs is 1. The van der Waals surface area contributed by atoms with Crippen LogP contribution < -0.4 is 0 Å². The van der Waals surface area contributed by atoms with E-state index in [1.807, 2.05) is 49.4 Å². The fourth-order valence-electron chi connectivity index (χ4n) is 3.53. The van der Waals surface area contributed by atoms with Crippen LogP contribution >= 0.6 is 0 Å². The Bertz CT molecular complexity index is 1100. The Balaban J connectivity index is 2.09. The molecule has 0 fully saturated rings. The van der Waals surface area contributed by atoms with E-state index < -0.39 is 0 Å². The number of hydrogen-bond donors (Lipinski definition) is 0.